The maximum absolute atomic E-state index is 12.8. The van der Waals surface area contributed by atoms with E-state index in [2.05, 4.69) is 87.6 Å². The average Bonchev–Trinajstić information content (AvgIpc) is 3.45. The molecule has 1 unspecified atom stereocenters. The third-order valence-corrected chi connectivity index (χ3v) is 15.2. The number of carbonyl (C=O) groups excluding carboxylic acids is 3. The number of ether oxygens (including phenoxy) is 3. The maximum Gasteiger partial charge on any atom is 0.306 e. The Morgan fingerprint density at radius 3 is 0.747 bits per heavy atom. The summed E-state index contributed by atoms with van der Waals surface area (Å²) in [5.74, 6) is -0.981. The molecule has 6 heteroatoms. The van der Waals surface area contributed by atoms with Gasteiger partial charge in [-0.3, -0.25) is 14.4 Å². The largest absolute Gasteiger partial charge is 0.462 e. The lowest BCUT2D eigenvalue weighted by atomic mass is 10.0. The fraction of sp³-hybridized carbons (Fsp3) is 0.795. The van der Waals surface area contributed by atoms with Crippen molar-refractivity contribution < 1.29 is 28.6 Å². The predicted octanol–water partition coefficient (Wildman–Crippen LogP) is 23.7. The summed E-state index contributed by atoms with van der Waals surface area (Å²) in [6, 6.07) is 0. The van der Waals surface area contributed by atoms with Gasteiger partial charge in [0.15, 0.2) is 6.10 Å². The molecule has 0 N–H and O–H groups in total. The van der Waals surface area contributed by atoms with Gasteiger partial charge in [0.25, 0.3) is 0 Å². The van der Waals surface area contributed by atoms with Gasteiger partial charge in [-0.25, -0.2) is 0 Å². The van der Waals surface area contributed by atoms with Gasteiger partial charge in [0.2, 0.25) is 0 Å². The molecule has 0 radical (unpaired) electrons. The molecule has 0 saturated carbocycles. The highest BCUT2D eigenvalue weighted by atomic mass is 16.6. The number of allylic oxidation sites excluding steroid dienone is 12. The van der Waals surface area contributed by atoms with Gasteiger partial charge in [0.1, 0.15) is 13.2 Å². The summed E-state index contributed by atoms with van der Waals surface area (Å²) in [7, 11) is 0. The molecule has 6 nitrogen and oxygen atoms in total. The van der Waals surface area contributed by atoms with Crippen LogP contribution in [0.4, 0.5) is 0 Å². The molecule has 1 atom stereocenters. The van der Waals surface area contributed by atoms with E-state index < -0.39 is 6.10 Å². The highest BCUT2D eigenvalue weighted by molar-refractivity contribution is 5.71. The Kier molecular flexibility index (Phi) is 64.7. The highest BCUT2D eigenvalue weighted by Crippen LogP contribution is 2.18. The summed E-state index contributed by atoms with van der Waals surface area (Å²) in [5, 5.41) is 0. The van der Waals surface area contributed by atoms with Crippen molar-refractivity contribution in [3.05, 3.63) is 72.9 Å². The van der Waals surface area contributed by atoms with Crippen LogP contribution in [0.5, 0.6) is 0 Å². The minimum Gasteiger partial charge on any atom is -0.462 e. The summed E-state index contributed by atoms with van der Waals surface area (Å²) >= 11 is 0. The summed E-state index contributed by atoms with van der Waals surface area (Å²) in [6.45, 7) is 6.46. The molecule has 0 amide bonds. The Morgan fingerprint density at radius 1 is 0.266 bits per heavy atom. The zero-order chi connectivity index (χ0) is 57.1. The van der Waals surface area contributed by atoms with E-state index in [0.717, 1.165) is 77.0 Å². The fourth-order valence-electron chi connectivity index (χ4n) is 10.1. The quantitative estimate of drug-likeness (QED) is 0.0261. The lowest BCUT2D eigenvalue weighted by Crippen LogP contribution is -2.30. The molecule has 0 aliphatic rings. The Hall–Kier alpha value is -3.15. The summed E-state index contributed by atoms with van der Waals surface area (Å²) in [6.07, 6.45) is 88.6. The van der Waals surface area contributed by atoms with Gasteiger partial charge in [-0.2, -0.15) is 0 Å². The second kappa shape index (κ2) is 67.4. The average molecular weight is 1100 g/mol. The van der Waals surface area contributed by atoms with Crippen LogP contribution in [0.1, 0.15) is 355 Å². The van der Waals surface area contributed by atoms with E-state index in [9.17, 15) is 14.4 Å². The van der Waals surface area contributed by atoms with E-state index in [1.54, 1.807) is 0 Å². The number of unbranched alkanes of at least 4 members (excludes halogenated alkanes) is 40. The van der Waals surface area contributed by atoms with Gasteiger partial charge in [0.05, 0.1) is 0 Å². The molecule has 79 heavy (non-hydrogen) atoms. The molecule has 0 aliphatic heterocycles. The monoisotopic (exact) mass is 1100 g/mol. The Balaban J connectivity index is 4.01. The second-order valence-electron chi connectivity index (χ2n) is 23.1. The number of hydrogen-bond donors (Lipinski definition) is 0. The zero-order valence-corrected chi connectivity index (χ0v) is 52.6. The fourth-order valence-corrected chi connectivity index (χ4v) is 10.1. The molecular weight excluding hydrogens is 973 g/mol. The van der Waals surface area contributed by atoms with Gasteiger partial charge < -0.3 is 14.2 Å². The Bertz CT molecular complexity index is 1450. The zero-order valence-electron chi connectivity index (χ0n) is 52.6. The topological polar surface area (TPSA) is 78.9 Å². The summed E-state index contributed by atoms with van der Waals surface area (Å²) in [5.41, 5.74) is 0. The minimum atomic E-state index is -0.812. The smallest absolute Gasteiger partial charge is 0.306 e. The Labute approximate surface area is 491 Å². The first-order valence-electron chi connectivity index (χ1n) is 34.4. The molecule has 0 fully saturated rings. The maximum atomic E-state index is 12.8. The number of hydrogen-bond acceptors (Lipinski definition) is 6. The predicted molar refractivity (Wildman–Crippen MR) is 344 cm³/mol. The van der Waals surface area contributed by atoms with Gasteiger partial charge in [-0.15, -0.1) is 0 Å². The molecule has 0 rings (SSSR count). The van der Waals surface area contributed by atoms with Crippen molar-refractivity contribution in [3.8, 4) is 0 Å². The van der Waals surface area contributed by atoms with Crippen LogP contribution in [0, 0.1) is 0 Å². The highest BCUT2D eigenvalue weighted by Gasteiger charge is 2.19. The lowest BCUT2D eigenvalue weighted by molar-refractivity contribution is -0.166. The van der Waals surface area contributed by atoms with E-state index >= 15 is 0 Å². The summed E-state index contributed by atoms with van der Waals surface area (Å²) in [4.78, 5) is 38.0. The number of rotatable bonds is 63. The van der Waals surface area contributed by atoms with E-state index in [1.165, 1.54) is 231 Å². The van der Waals surface area contributed by atoms with E-state index in [4.69, 9.17) is 14.2 Å². The van der Waals surface area contributed by atoms with Crippen LogP contribution in [-0.4, -0.2) is 37.2 Å². The van der Waals surface area contributed by atoms with Gasteiger partial charge >= 0.3 is 17.9 Å². The number of esters is 3. The van der Waals surface area contributed by atoms with Crippen LogP contribution in [0.15, 0.2) is 72.9 Å². The van der Waals surface area contributed by atoms with Crippen molar-refractivity contribution in [2.45, 2.75) is 361 Å². The standard InChI is InChI=1S/C73H130O6/c1-4-7-10-13-16-18-20-22-24-26-28-29-30-31-32-33-34-35-36-37-38-39-40-41-42-43-45-46-48-50-52-54-57-60-63-66-72(75)78-69-70(68-77-71(74)65-62-59-56-15-12-9-6-3)79-73(76)67-64-61-58-55-53-51-49-47-44-27-25-23-21-19-17-14-11-8-5-2/h8,11,17,19,23,25,44,47,51,53,58,61,70H,4-7,9-10,12-16,18,20-22,24,26-43,45-46,48-50,52,54-57,59-60,62-69H2,1-3H3/b11-8-,19-17-,25-23-,47-44-,53-51-,61-58-. The molecule has 0 bridgehead atoms. The van der Waals surface area contributed by atoms with Crippen molar-refractivity contribution in [1.82, 2.24) is 0 Å². The normalized spacial score (nSPS) is 12.5. The molecule has 0 aromatic rings. The molecular formula is C73H130O6. The third-order valence-electron chi connectivity index (χ3n) is 15.2. The minimum absolute atomic E-state index is 0.102. The molecule has 458 valence electrons. The first-order chi connectivity index (χ1) is 39.0. The Morgan fingerprint density at radius 2 is 0.494 bits per heavy atom. The first kappa shape index (κ1) is 75.8. The molecule has 0 spiro atoms. The second-order valence-corrected chi connectivity index (χ2v) is 23.1. The van der Waals surface area contributed by atoms with Crippen LogP contribution in [0.25, 0.3) is 0 Å². The van der Waals surface area contributed by atoms with Crippen LogP contribution < -0.4 is 0 Å². The summed E-state index contributed by atoms with van der Waals surface area (Å²) < 4.78 is 16.8. The molecule has 0 aliphatic carbocycles. The van der Waals surface area contributed by atoms with Crippen LogP contribution in [-0.2, 0) is 28.6 Å². The van der Waals surface area contributed by atoms with Crippen LogP contribution in [0.2, 0.25) is 0 Å². The van der Waals surface area contributed by atoms with Crippen molar-refractivity contribution in [1.29, 1.82) is 0 Å². The number of carbonyl (C=O) groups is 3. The first-order valence-corrected chi connectivity index (χ1v) is 34.4. The van der Waals surface area contributed by atoms with E-state index in [0.29, 0.717) is 19.3 Å². The van der Waals surface area contributed by atoms with E-state index in [-0.39, 0.29) is 37.5 Å². The third kappa shape index (κ3) is 65.5. The molecule has 0 heterocycles. The van der Waals surface area contributed by atoms with E-state index in [1.807, 2.05) is 6.08 Å². The van der Waals surface area contributed by atoms with Crippen molar-refractivity contribution in [3.63, 3.8) is 0 Å². The van der Waals surface area contributed by atoms with Crippen LogP contribution in [0.3, 0.4) is 0 Å². The van der Waals surface area contributed by atoms with Gasteiger partial charge in [0, 0.05) is 19.3 Å². The molecule has 0 saturated heterocycles. The lowest BCUT2D eigenvalue weighted by Gasteiger charge is -2.18. The molecule has 0 aromatic carbocycles. The van der Waals surface area contributed by atoms with Gasteiger partial charge in [-0.1, -0.05) is 351 Å². The SMILES string of the molecule is CC/C=C\C/C=C\C/C=C\C/C=C\C/C=C\C/C=C\CCC(=O)OC(COC(=O)CCCCCCCCC)COC(=O)CCCCCCCCCCCCCCCCCCCCCCCCCCCCCCCCCCCCC. The van der Waals surface area contributed by atoms with Crippen molar-refractivity contribution >= 4 is 17.9 Å². The van der Waals surface area contributed by atoms with Crippen molar-refractivity contribution in [2.24, 2.45) is 0 Å². The molecule has 0 aromatic heterocycles. The van der Waals surface area contributed by atoms with Crippen molar-refractivity contribution in [2.75, 3.05) is 13.2 Å². The van der Waals surface area contributed by atoms with Crippen LogP contribution >= 0.6 is 0 Å². The van der Waals surface area contributed by atoms with Gasteiger partial charge in [-0.05, 0) is 57.8 Å².